The zero-order valence-electron chi connectivity index (χ0n) is 14.8. The molecule has 0 aromatic carbocycles. The molecular formula is C17H26N4O5. The maximum absolute atomic E-state index is 13.0. The number of aliphatic carboxylic acids is 1. The van der Waals surface area contributed by atoms with E-state index in [9.17, 15) is 19.2 Å². The van der Waals surface area contributed by atoms with Crippen LogP contribution in [-0.4, -0.2) is 82.9 Å². The van der Waals surface area contributed by atoms with E-state index in [1.54, 1.807) is 4.90 Å². The number of hydrogen-bond acceptors (Lipinski definition) is 5. The average Bonchev–Trinajstić information content (AvgIpc) is 3.38. The Hall–Kier alpha value is -2.16. The van der Waals surface area contributed by atoms with Gasteiger partial charge in [0.25, 0.3) is 0 Å². The number of nitrogens with zero attached hydrogens (tertiary/aromatic N) is 2. The van der Waals surface area contributed by atoms with Crippen LogP contribution in [0.5, 0.6) is 0 Å². The molecule has 9 nitrogen and oxygen atoms in total. The highest BCUT2D eigenvalue weighted by Gasteiger charge is 2.43. The molecule has 3 heterocycles. The van der Waals surface area contributed by atoms with Crippen LogP contribution in [0.25, 0.3) is 0 Å². The summed E-state index contributed by atoms with van der Waals surface area (Å²) in [6.45, 7) is 1.39. The van der Waals surface area contributed by atoms with Gasteiger partial charge in [-0.2, -0.15) is 0 Å². The summed E-state index contributed by atoms with van der Waals surface area (Å²) in [5, 5.41) is 14.2. The van der Waals surface area contributed by atoms with Gasteiger partial charge in [0, 0.05) is 13.1 Å². The lowest BCUT2D eigenvalue weighted by Crippen LogP contribution is -2.55. The summed E-state index contributed by atoms with van der Waals surface area (Å²) >= 11 is 0. The van der Waals surface area contributed by atoms with Crippen LogP contribution < -0.4 is 10.6 Å². The fourth-order valence-corrected chi connectivity index (χ4v) is 4.16. The molecule has 0 aromatic heterocycles. The van der Waals surface area contributed by atoms with Crippen LogP contribution in [0, 0.1) is 0 Å². The summed E-state index contributed by atoms with van der Waals surface area (Å²) in [5.74, 6) is -1.77. The zero-order chi connectivity index (χ0) is 18.7. The van der Waals surface area contributed by atoms with Crippen molar-refractivity contribution in [3.05, 3.63) is 0 Å². The van der Waals surface area contributed by atoms with Gasteiger partial charge in [-0.25, -0.2) is 0 Å². The topological polar surface area (TPSA) is 119 Å². The molecule has 9 heteroatoms. The van der Waals surface area contributed by atoms with Gasteiger partial charge >= 0.3 is 5.97 Å². The van der Waals surface area contributed by atoms with E-state index in [4.69, 9.17) is 5.11 Å². The number of amides is 3. The fraction of sp³-hybridized carbons (Fsp3) is 0.765. The number of likely N-dealkylation sites (tertiary alicyclic amines) is 2. The summed E-state index contributed by atoms with van der Waals surface area (Å²) in [6, 6.07) is -1.38. The molecule has 3 atom stereocenters. The third-order valence-electron chi connectivity index (χ3n) is 5.43. The number of hydrogen-bond donors (Lipinski definition) is 3. The zero-order valence-corrected chi connectivity index (χ0v) is 14.8. The Kier molecular flexibility index (Phi) is 5.75. The van der Waals surface area contributed by atoms with Crippen LogP contribution in [0.2, 0.25) is 0 Å². The van der Waals surface area contributed by atoms with E-state index in [0.29, 0.717) is 32.4 Å². The number of carboxylic acids is 1. The van der Waals surface area contributed by atoms with Crippen LogP contribution >= 0.6 is 0 Å². The molecule has 3 fully saturated rings. The lowest BCUT2D eigenvalue weighted by atomic mass is 10.1. The van der Waals surface area contributed by atoms with E-state index in [1.165, 1.54) is 4.90 Å². The van der Waals surface area contributed by atoms with E-state index in [1.807, 2.05) is 0 Å². The molecule has 3 aliphatic rings. The molecule has 0 bridgehead atoms. The van der Waals surface area contributed by atoms with E-state index in [-0.39, 0.29) is 17.9 Å². The molecular weight excluding hydrogens is 340 g/mol. The second kappa shape index (κ2) is 8.03. The van der Waals surface area contributed by atoms with Gasteiger partial charge < -0.3 is 25.5 Å². The molecule has 0 aliphatic carbocycles. The van der Waals surface area contributed by atoms with Crippen molar-refractivity contribution in [2.45, 2.75) is 56.7 Å². The minimum atomic E-state index is -1.12. The Bertz CT molecular complexity index is 590. The van der Waals surface area contributed by atoms with Crippen molar-refractivity contribution in [3.8, 4) is 0 Å². The molecule has 3 aliphatic heterocycles. The van der Waals surface area contributed by atoms with Gasteiger partial charge in [-0.1, -0.05) is 0 Å². The molecule has 3 saturated heterocycles. The van der Waals surface area contributed by atoms with Crippen molar-refractivity contribution in [1.29, 1.82) is 0 Å². The van der Waals surface area contributed by atoms with Crippen molar-refractivity contribution in [2.75, 3.05) is 26.2 Å². The minimum Gasteiger partial charge on any atom is -0.480 e. The maximum Gasteiger partial charge on any atom is 0.322 e. The van der Waals surface area contributed by atoms with Gasteiger partial charge in [0.2, 0.25) is 17.7 Å². The SMILES string of the molecule is O=C(O)CNC(=O)C1CCCN1C(=O)C1CCCN1C(=O)C1CCCN1. The second-order valence-electron chi connectivity index (χ2n) is 7.14. The quantitative estimate of drug-likeness (QED) is 0.570. The largest absolute Gasteiger partial charge is 0.480 e. The molecule has 0 aromatic rings. The van der Waals surface area contributed by atoms with E-state index in [2.05, 4.69) is 10.6 Å². The molecule has 0 spiro atoms. The standard InChI is InChI=1S/C17H26N4O5/c22-14(23)10-19-15(24)12-5-2-8-20(12)17(26)13-6-3-9-21(13)16(25)11-4-1-7-18-11/h11-13,18H,1-10H2,(H,19,24)(H,22,23). The number of nitrogens with one attached hydrogen (secondary N) is 2. The van der Waals surface area contributed by atoms with Crippen LogP contribution in [0.1, 0.15) is 38.5 Å². The van der Waals surface area contributed by atoms with Crippen LogP contribution in [0.4, 0.5) is 0 Å². The smallest absolute Gasteiger partial charge is 0.322 e. The van der Waals surface area contributed by atoms with Gasteiger partial charge in [0.05, 0.1) is 6.04 Å². The predicted octanol–water partition coefficient (Wildman–Crippen LogP) is -1.08. The van der Waals surface area contributed by atoms with Crippen molar-refractivity contribution in [1.82, 2.24) is 20.4 Å². The first-order valence-corrected chi connectivity index (χ1v) is 9.33. The lowest BCUT2D eigenvalue weighted by molar-refractivity contribution is -0.147. The highest BCUT2D eigenvalue weighted by Crippen LogP contribution is 2.26. The monoisotopic (exact) mass is 366 g/mol. The van der Waals surface area contributed by atoms with Gasteiger partial charge in [0.15, 0.2) is 0 Å². The van der Waals surface area contributed by atoms with Crippen molar-refractivity contribution in [2.24, 2.45) is 0 Å². The highest BCUT2D eigenvalue weighted by atomic mass is 16.4. The Morgan fingerprint density at radius 3 is 2.19 bits per heavy atom. The highest BCUT2D eigenvalue weighted by molar-refractivity contribution is 5.94. The summed E-state index contributed by atoms with van der Waals surface area (Å²) in [7, 11) is 0. The van der Waals surface area contributed by atoms with Crippen molar-refractivity contribution < 1.29 is 24.3 Å². The third kappa shape index (κ3) is 3.82. The number of carbonyl (C=O) groups excluding carboxylic acids is 3. The average molecular weight is 366 g/mol. The third-order valence-corrected chi connectivity index (χ3v) is 5.43. The molecule has 144 valence electrons. The van der Waals surface area contributed by atoms with Crippen LogP contribution in [0.3, 0.4) is 0 Å². The van der Waals surface area contributed by atoms with Gasteiger partial charge in [0.1, 0.15) is 18.6 Å². The number of carbonyl (C=O) groups is 4. The van der Waals surface area contributed by atoms with Gasteiger partial charge in [-0.15, -0.1) is 0 Å². The number of carboxylic acid groups (broad SMARTS) is 1. The summed E-state index contributed by atoms with van der Waals surface area (Å²) < 4.78 is 0. The Balaban J connectivity index is 1.65. The molecule has 3 amide bonds. The predicted molar refractivity (Wildman–Crippen MR) is 91.1 cm³/mol. The molecule has 3 unspecified atom stereocenters. The van der Waals surface area contributed by atoms with Gasteiger partial charge in [-0.3, -0.25) is 19.2 Å². The minimum absolute atomic E-state index is 0.0237. The summed E-state index contributed by atoms with van der Waals surface area (Å²) in [6.07, 6.45) is 4.35. The van der Waals surface area contributed by atoms with E-state index in [0.717, 1.165) is 25.8 Å². The molecule has 0 radical (unpaired) electrons. The van der Waals surface area contributed by atoms with Crippen molar-refractivity contribution in [3.63, 3.8) is 0 Å². The Morgan fingerprint density at radius 1 is 0.923 bits per heavy atom. The molecule has 26 heavy (non-hydrogen) atoms. The van der Waals surface area contributed by atoms with Gasteiger partial charge in [-0.05, 0) is 45.1 Å². The van der Waals surface area contributed by atoms with E-state index >= 15 is 0 Å². The lowest BCUT2D eigenvalue weighted by Gasteiger charge is -2.32. The van der Waals surface area contributed by atoms with Crippen LogP contribution in [0.15, 0.2) is 0 Å². The first-order valence-electron chi connectivity index (χ1n) is 9.33. The Labute approximate surface area is 152 Å². The summed E-state index contributed by atoms with van der Waals surface area (Å²) in [4.78, 5) is 51.8. The maximum atomic E-state index is 13.0. The van der Waals surface area contributed by atoms with E-state index < -0.39 is 30.5 Å². The van der Waals surface area contributed by atoms with Crippen molar-refractivity contribution >= 4 is 23.7 Å². The fourth-order valence-electron chi connectivity index (χ4n) is 4.16. The molecule has 3 N–H and O–H groups in total. The first kappa shape index (κ1) is 18.6. The number of rotatable bonds is 5. The van der Waals surface area contributed by atoms with Crippen LogP contribution in [-0.2, 0) is 19.2 Å². The molecule has 0 saturated carbocycles. The summed E-state index contributed by atoms with van der Waals surface area (Å²) in [5.41, 5.74) is 0. The Morgan fingerprint density at radius 2 is 1.58 bits per heavy atom. The second-order valence-corrected chi connectivity index (χ2v) is 7.14. The molecule has 3 rings (SSSR count). The normalized spacial score (nSPS) is 28.4. The first-order chi connectivity index (χ1) is 12.5.